The van der Waals surface area contributed by atoms with Crippen LogP contribution in [0.1, 0.15) is 239 Å². The molecule has 0 amide bonds. The molecular weight excluding hydrogens is 773 g/mol. The average molecular weight is 863 g/mol. The Morgan fingerprint density at radius 3 is 1.31 bits per heavy atom. The normalized spacial score (nSPS) is 12.4. The maximum atomic E-state index is 13.0. The number of carbonyl (C=O) groups is 5. The van der Waals surface area contributed by atoms with E-state index in [2.05, 4.69) is 38.2 Å². The number of ether oxygens (including phenoxy) is 4. The van der Waals surface area contributed by atoms with Gasteiger partial charge in [0.2, 0.25) is 0 Å². The van der Waals surface area contributed by atoms with Gasteiger partial charge in [-0.2, -0.15) is 0 Å². The first-order valence-corrected chi connectivity index (χ1v) is 24.9. The number of carbonyl (C=O) groups excluding carboxylic acids is 4. The van der Waals surface area contributed by atoms with Crippen LogP contribution in [0.3, 0.4) is 0 Å². The SMILES string of the molecule is CCC/C=C\CCCCCCCC(=O)OCC(COC(=O)CCCCCCC/C=C\CCCCCCCC)OC(=O)CC(C)CCCCCCCCC(=O)OCCCC(=O)O. The van der Waals surface area contributed by atoms with Crippen LogP contribution in [-0.2, 0) is 42.9 Å². The van der Waals surface area contributed by atoms with Crippen LogP contribution < -0.4 is 0 Å². The lowest BCUT2D eigenvalue weighted by Gasteiger charge is -2.19. The Morgan fingerprint density at radius 2 is 0.852 bits per heavy atom. The summed E-state index contributed by atoms with van der Waals surface area (Å²) in [5, 5.41) is 8.65. The highest BCUT2D eigenvalue weighted by molar-refractivity contribution is 5.71. The van der Waals surface area contributed by atoms with E-state index < -0.39 is 12.1 Å². The molecule has 2 unspecified atom stereocenters. The van der Waals surface area contributed by atoms with E-state index in [9.17, 15) is 24.0 Å². The lowest BCUT2D eigenvalue weighted by Crippen LogP contribution is -2.31. The second kappa shape index (κ2) is 44.9. The highest BCUT2D eigenvalue weighted by Crippen LogP contribution is 2.17. The molecule has 354 valence electrons. The van der Waals surface area contributed by atoms with Crippen molar-refractivity contribution >= 4 is 29.8 Å². The van der Waals surface area contributed by atoms with Crippen LogP contribution in [0.15, 0.2) is 24.3 Å². The van der Waals surface area contributed by atoms with Crippen LogP contribution in [0.4, 0.5) is 0 Å². The number of allylic oxidation sites excluding steroid dienone is 4. The van der Waals surface area contributed by atoms with E-state index in [1.807, 2.05) is 6.92 Å². The lowest BCUT2D eigenvalue weighted by atomic mass is 9.99. The molecule has 0 aromatic heterocycles. The van der Waals surface area contributed by atoms with Gasteiger partial charge in [0.15, 0.2) is 6.10 Å². The van der Waals surface area contributed by atoms with Gasteiger partial charge in [-0.3, -0.25) is 24.0 Å². The van der Waals surface area contributed by atoms with Crippen molar-refractivity contribution < 1.29 is 48.0 Å². The maximum absolute atomic E-state index is 13.0. The van der Waals surface area contributed by atoms with Crippen molar-refractivity contribution in [3.8, 4) is 0 Å². The highest BCUT2D eigenvalue weighted by atomic mass is 16.6. The smallest absolute Gasteiger partial charge is 0.306 e. The second-order valence-electron chi connectivity index (χ2n) is 17.1. The largest absolute Gasteiger partial charge is 0.481 e. The van der Waals surface area contributed by atoms with Crippen molar-refractivity contribution in [2.45, 2.75) is 245 Å². The highest BCUT2D eigenvalue weighted by Gasteiger charge is 2.21. The van der Waals surface area contributed by atoms with Crippen LogP contribution in [0.5, 0.6) is 0 Å². The van der Waals surface area contributed by atoms with Gasteiger partial charge in [-0.25, -0.2) is 0 Å². The van der Waals surface area contributed by atoms with Crippen LogP contribution in [0.2, 0.25) is 0 Å². The topological polar surface area (TPSA) is 142 Å². The van der Waals surface area contributed by atoms with E-state index in [1.165, 1.54) is 57.8 Å². The van der Waals surface area contributed by atoms with Gasteiger partial charge in [0, 0.05) is 32.1 Å². The fourth-order valence-electron chi connectivity index (χ4n) is 7.01. The molecule has 61 heavy (non-hydrogen) atoms. The third-order valence-corrected chi connectivity index (χ3v) is 10.8. The van der Waals surface area contributed by atoms with Crippen LogP contribution in [0.25, 0.3) is 0 Å². The molecule has 0 aromatic rings. The molecule has 0 saturated heterocycles. The Morgan fingerprint density at radius 1 is 0.443 bits per heavy atom. The van der Waals surface area contributed by atoms with E-state index in [4.69, 9.17) is 24.1 Å². The van der Waals surface area contributed by atoms with E-state index in [1.54, 1.807) is 0 Å². The molecule has 0 saturated carbocycles. The Kier molecular flexibility index (Phi) is 42.5. The number of hydrogen-bond acceptors (Lipinski definition) is 9. The number of aliphatic carboxylic acids is 1. The number of rotatable bonds is 45. The molecule has 0 aliphatic heterocycles. The molecule has 0 aromatic carbocycles. The maximum Gasteiger partial charge on any atom is 0.306 e. The Bertz CT molecular complexity index is 1130. The molecule has 0 bridgehead atoms. The fourth-order valence-corrected chi connectivity index (χ4v) is 7.01. The van der Waals surface area contributed by atoms with E-state index in [-0.39, 0.29) is 62.5 Å². The Hall–Kier alpha value is -3.17. The summed E-state index contributed by atoms with van der Waals surface area (Å²) in [5.74, 6) is -2.10. The fraction of sp³-hybridized carbons (Fsp3) is 0.824. The van der Waals surface area contributed by atoms with Gasteiger partial charge in [-0.1, -0.05) is 161 Å². The first kappa shape index (κ1) is 57.8. The van der Waals surface area contributed by atoms with Gasteiger partial charge >= 0.3 is 29.8 Å². The minimum Gasteiger partial charge on any atom is -0.481 e. The van der Waals surface area contributed by atoms with Gasteiger partial charge in [0.25, 0.3) is 0 Å². The van der Waals surface area contributed by atoms with Gasteiger partial charge in [-0.15, -0.1) is 0 Å². The van der Waals surface area contributed by atoms with Gasteiger partial charge in [0.1, 0.15) is 13.2 Å². The minimum absolute atomic E-state index is 0.00127. The Labute approximate surface area is 372 Å². The number of esters is 4. The molecule has 10 nitrogen and oxygen atoms in total. The van der Waals surface area contributed by atoms with Crippen molar-refractivity contribution in [3.05, 3.63) is 24.3 Å². The summed E-state index contributed by atoms with van der Waals surface area (Å²) in [7, 11) is 0. The van der Waals surface area contributed by atoms with Crippen molar-refractivity contribution in [3.63, 3.8) is 0 Å². The molecule has 1 N–H and O–H groups in total. The second-order valence-corrected chi connectivity index (χ2v) is 17.1. The molecule has 0 spiro atoms. The summed E-state index contributed by atoms with van der Waals surface area (Å²) < 4.78 is 21.8. The summed E-state index contributed by atoms with van der Waals surface area (Å²) >= 11 is 0. The van der Waals surface area contributed by atoms with Crippen LogP contribution in [-0.4, -0.2) is 60.9 Å². The van der Waals surface area contributed by atoms with Crippen molar-refractivity contribution in [2.75, 3.05) is 19.8 Å². The molecule has 0 aliphatic carbocycles. The van der Waals surface area contributed by atoms with E-state index in [0.29, 0.717) is 25.7 Å². The monoisotopic (exact) mass is 863 g/mol. The molecule has 10 heteroatoms. The summed E-state index contributed by atoms with van der Waals surface area (Å²) in [6.45, 7) is 6.34. The standard InChI is InChI=1S/C51H90O10/c1-4-6-8-10-12-14-16-17-18-19-20-22-24-29-34-40-50(56)60-44-46(43-59-49(55)39-33-28-23-21-15-13-11-9-7-5-2)61-51(57)42-45(3)36-31-27-25-26-30-32-38-48(54)58-41-35-37-47(52)53/h9,11,17-18,45-46H,4-8,10,12-16,19-44H2,1-3H3,(H,52,53)/b11-9-,18-17-. The Balaban J connectivity index is 4.49. The molecule has 0 fully saturated rings. The molecule has 2 atom stereocenters. The van der Waals surface area contributed by atoms with Crippen molar-refractivity contribution in [1.82, 2.24) is 0 Å². The molecule has 0 aliphatic rings. The quantitative estimate of drug-likeness (QED) is 0.0272. The summed E-state index contributed by atoms with van der Waals surface area (Å²) in [4.78, 5) is 60.4. The number of carboxylic acid groups (broad SMARTS) is 1. The van der Waals surface area contributed by atoms with Crippen LogP contribution >= 0.6 is 0 Å². The lowest BCUT2D eigenvalue weighted by molar-refractivity contribution is -0.167. The zero-order valence-electron chi connectivity index (χ0n) is 39.2. The number of hydrogen-bond donors (Lipinski definition) is 1. The summed E-state index contributed by atoms with van der Waals surface area (Å²) in [6.07, 6.45) is 40.4. The minimum atomic E-state index is -0.893. The zero-order valence-corrected chi connectivity index (χ0v) is 39.2. The molecule has 0 heterocycles. The number of carboxylic acids is 1. The van der Waals surface area contributed by atoms with Gasteiger partial charge in [0.05, 0.1) is 6.61 Å². The van der Waals surface area contributed by atoms with Gasteiger partial charge in [-0.05, 0) is 76.5 Å². The summed E-state index contributed by atoms with van der Waals surface area (Å²) in [5.41, 5.74) is 0. The molecule has 0 radical (unpaired) electrons. The zero-order chi connectivity index (χ0) is 44.9. The van der Waals surface area contributed by atoms with Crippen LogP contribution in [0, 0.1) is 5.92 Å². The third-order valence-electron chi connectivity index (χ3n) is 10.8. The first-order chi connectivity index (χ1) is 29.7. The number of unbranched alkanes of at least 4 members (excludes halogenated alkanes) is 22. The van der Waals surface area contributed by atoms with E-state index >= 15 is 0 Å². The van der Waals surface area contributed by atoms with Crippen molar-refractivity contribution in [2.24, 2.45) is 5.92 Å². The molecular formula is C51H90O10. The predicted octanol–water partition coefficient (Wildman–Crippen LogP) is 13.7. The third kappa shape index (κ3) is 44.7. The van der Waals surface area contributed by atoms with Gasteiger partial charge < -0.3 is 24.1 Å². The molecule has 0 rings (SSSR count). The van der Waals surface area contributed by atoms with E-state index in [0.717, 1.165) is 122 Å². The average Bonchev–Trinajstić information content (AvgIpc) is 3.23. The first-order valence-electron chi connectivity index (χ1n) is 24.9. The summed E-state index contributed by atoms with van der Waals surface area (Å²) in [6, 6.07) is 0. The predicted molar refractivity (Wildman–Crippen MR) is 246 cm³/mol. The van der Waals surface area contributed by atoms with Crippen molar-refractivity contribution in [1.29, 1.82) is 0 Å².